The lowest BCUT2D eigenvalue weighted by atomic mass is 9.45. The van der Waals surface area contributed by atoms with E-state index in [1.54, 1.807) is 0 Å². The van der Waals surface area contributed by atoms with Crippen molar-refractivity contribution in [3.05, 3.63) is 0 Å². The highest BCUT2D eigenvalue weighted by molar-refractivity contribution is 5.66. The number of hydrogen-bond donors (Lipinski definition) is 1. The van der Waals surface area contributed by atoms with Gasteiger partial charge >= 0.3 is 5.97 Å². The summed E-state index contributed by atoms with van der Waals surface area (Å²) < 4.78 is 5.68. The van der Waals surface area contributed by atoms with Crippen molar-refractivity contribution in [2.24, 2.45) is 28.6 Å². The highest BCUT2D eigenvalue weighted by Gasteiger charge is 2.59. The lowest BCUT2D eigenvalue weighted by Crippen LogP contribution is -2.58. The average molecular weight is 353 g/mol. The van der Waals surface area contributed by atoms with Gasteiger partial charge in [-0.25, -0.2) is 0 Å². The number of rotatable bonds is 7. The summed E-state index contributed by atoms with van der Waals surface area (Å²) in [4.78, 5) is 22.2. The predicted molar refractivity (Wildman–Crippen MR) is 98.2 cm³/mol. The molecule has 2 saturated carbocycles. The summed E-state index contributed by atoms with van der Waals surface area (Å²) in [6.45, 7) is 11.9. The zero-order valence-corrected chi connectivity index (χ0v) is 16.6. The summed E-state index contributed by atoms with van der Waals surface area (Å²) in [6.07, 6.45) is 7.70. The Labute approximate surface area is 152 Å². The number of hydrogen-bond acceptors (Lipinski definition) is 3. The summed E-state index contributed by atoms with van der Waals surface area (Å²) in [5, 5.41) is 9.04. The van der Waals surface area contributed by atoms with Gasteiger partial charge in [0, 0.05) is 12.3 Å². The van der Waals surface area contributed by atoms with Crippen LogP contribution in [0.15, 0.2) is 0 Å². The van der Waals surface area contributed by atoms with Crippen molar-refractivity contribution < 1.29 is 19.4 Å². The zero-order chi connectivity index (χ0) is 18.9. The quantitative estimate of drug-likeness (QED) is 0.651. The maximum absolute atomic E-state index is 11.2. The van der Waals surface area contributed by atoms with Crippen molar-refractivity contribution in [2.75, 3.05) is 0 Å². The Bertz CT molecular complexity index is 500. The topological polar surface area (TPSA) is 63.6 Å². The van der Waals surface area contributed by atoms with Gasteiger partial charge in [0.25, 0.3) is 6.47 Å². The van der Waals surface area contributed by atoms with Crippen LogP contribution in [-0.2, 0) is 14.3 Å². The Kier molecular flexibility index (Phi) is 5.90. The van der Waals surface area contributed by atoms with E-state index in [0.717, 1.165) is 25.7 Å². The first-order chi connectivity index (χ1) is 11.5. The fourth-order valence-electron chi connectivity index (χ4n) is 6.34. The molecule has 0 heterocycles. The predicted octanol–water partition coefficient (Wildman–Crippen LogP) is 5.05. The first-order valence-corrected chi connectivity index (χ1v) is 9.88. The zero-order valence-electron chi connectivity index (χ0n) is 16.6. The molecule has 144 valence electrons. The fraction of sp³-hybridized carbons (Fsp3) is 0.905. The monoisotopic (exact) mass is 352 g/mol. The minimum atomic E-state index is -0.731. The van der Waals surface area contributed by atoms with Crippen molar-refractivity contribution in [1.82, 2.24) is 0 Å². The minimum absolute atomic E-state index is 0.151. The van der Waals surface area contributed by atoms with Crippen LogP contribution in [0.4, 0.5) is 0 Å². The fourth-order valence-corrected chi connectivity index (χ4v) is 6.34. The highest BCUT2D eigenvalue weighted by Crippen LogP contribution is 2.63. The molecule has 2 fully saturated rings. The number of carboxylic acids is 1. The van der Waals surface area contributed by atoms with Gasteiger partial charge in [0.05, 0.1) is 0 Å². The van der Waals surface area contributed by atoms with Gasteiger partial charge in [0.2, 0.25) is 0 Å². The molecule has 0 amide bonds. The van der Waals surface area contributed by atoms with Crippen molar-refractivity contribution in [2.45, 2.75) is 91.6 Å². The third-order valence-corrected chi connectivity index (χ3v) is 7.53. The number of ether oxygens (including phenoxy) is 1. The highest BCUT2D eigenvalue weighted by atomic mass is 16.5. The summed E-state index contributed by atoms with van der Waals surface area (Å²) in [7, 11) is 0. The molecule has 2 aliphatic rings. The minimum Gasteiger partial charge on any atom is -0.481 e. The van der Waals surface area contributed by atoms with E-state index in [1.165, 1.54) is 19.3 Å². The molecule has 5 atom stereocenters. The summed E-state index contributed by atoms with van der Waals surface area (Å²) in [6, 6.07) is 0. The van der Waals surface area contributed by atoms with Crippen LogP contribution in [-0.4, -0.2) is 23.1 Å². The van der Waals surface area contributed by atoms with E-state index in [1.807, 2.05) is 6.92 Å². The van der Waals surface area contributed by atoms with E-state index in [4.69, 9.17) is 9.84 Å². The van der Waals surface area contributed by atoms with Crippen LogP contribution in [0.25, 0.3) is 0 Å². The van der Waals surface area contributed by atoms with Crippen LogP contribution >= 0.6 is 0 Å². The van der Waals surface area contributed by atoms with Gasteiger partial charge in [-0.1, -0.05) is 34.1 Å². The number of carbonyl (C=O) groups is 2. The number of carbonyl (C=O) groups excluding carboxylic acids is 1. The molecule has 0 spiro atoms. The number of aliphatic carboxylic acids is 1. The van der Waals surface area contributed by atoms with Gasteiger partial charge in [0.15, 0.2) is 0 Å². The Balaban J connectivity index is 2.26. The Morgan fingerprint density at radius 2 is 1.92 bits per heavy atom. The molecule has 0 saturated heterocycles. The molecule has 0 aliphatic heterocycles. The van der Waals surface area contributed by atoms with Crippen LogP contribution in [0.3, 0.4) is 0 Å². The average Bonchev–Trinajstić information content (AvgIpc) is 2.44. The smallest absolute Gasteiger partial charge is 0.303 e. The Morgan fingerprint density at radius 1 is 1.24 bits per heavy atom. The number of fused-ring (bicyclic) bond motifs is 1. The first kappa shape index (κ1) is 20.3. The normalized spacial score (nSPS) is 38.4. The Morgan fingerprint density at radius 3 is 2.52 bits per heavy atom. The summed E-state index contributed by atoms with van der Waals surface area (Å²) in [5.41, 5.74) is 0.0461. The molecule has 0 aromatic rings. The molecule has 0 aromatic heterocycles. The van der Waals surface area contributed by atoms with Crippen molar-refractivity contribution in [3.63, 3.8) is 0 Å². The van der Waals surface area contributed by atoms with Gasteiger partial charge in [-0.15, -0.1) is 0 Å². The maximum Gasteiger partial charge on any atom is 0.303 e. The maximum atomic E-state index is 11.2. The first-order valence-electron chi connectivity index (χ1n) is 9.88. The van der Waals surface area contributed by atoms with E-state index >= 15 is 0 Å². The van der Waals surface area contributed by atoms with Gasteiger partial charge in [-0.05, 0) is 68.1 Å². The second kappa shape index (κ2) is 7.28. The molecule has 1 N–H and O–H groups in total. The van der Waals surface area contributed by atoms with Crippen LogP contribution in [0.2, 0.25) is 0 Å². The van der Waals surface area contributed by atoms with Gasteiger partial charge in [-0.3, -0.25) is 9.59 Å². The molecule has 0 radical (unpaired) electrons. The van der Waals surface area contributed by atoms with Crippen molar-refractivity contribution in [1.29, 1.82) is 0 Å². The van der Waals surface area contributed by atoms with Gasteiger partial charge in [0.1, 0.15) is 5.60 Å². The molecular formula is C21H36O4. The Hall–Kier alpha value is -1.06. The van der Waals surface area contributed by atoms with E-state index in [-0.39, 0.29) is 17.8 Å². The third-order valence-electron chi connectivity index (χ3n) is 7.53. The van der Waals surface area contributed by atoms with E-state index in [2.05, 4.69) is 27.7 Å². The molecule has 2 aliphatic carbocycles. The third kappa shape index (κ3) is 4.03. The van der Waals surface area contributed by atoms with Crippen LogP contribution < -0.4 is 0 Å². The van der Waals surface area contributed by atoms with Gasteiger partial charge < -0.3 is 9.84 Å². The van der Waals surface area contributed by atoms with E-state index in [9.17, 15) is 9.59 Å². The lowest BCUT2D eigenvalue weighted by molar-refractivity contribution is -0.191. The molecular weight excluding hydrogens is 316 g/mol. The summed E-state index contributed by atoms with van der Waals surface area (Å²) in [5.74, 6) is 0.348. The molecule has 0 unspecified atom stereocenters. The van der Waals surface area contributed by atoms with Crippen LogP contribution in [0, 0.1) is 28.6 Å². The molecule has 4 nitrogen and oxygen atoms in total. The molecule has 0 bridgehead atoms. The SMILES string of the molecule is C[C@@H](CC[C@@H]1[C@@]2(C)CCCC(C)(C)[C@@H]2CC[C@@]1(C)OC=O)CC(=O)O. The van der Waals surface area contributed by atoms with E-state index in [0.29, 0.717) is 23.7 Å². The lowest BCUT2D eigenvalue weighted by Gasteiger charge is -2.61. The van der Waals surface area contributed by atoms with E-state index < -0.39 is 11.6 Å². The summed E-state index contributed by atoms with van der Waals surface area (Å²) >= 11 is 0. The van der Waals surface area contributed by atoms with Gasteiger partial charge in [-0.2, -0.15) is 0 Å². The molecule has 2 rings (SSSR count). The molecule has 0 aromatic carbocycles. The second-order valence-corrected chi connectivity index (χ2v) is 9.80. The molecule has 25 heavy (non-hydrogen) atoms. The molecule has 4 heteroatoms. The van der Waals surface area contributed by atoms with Crippen LogP contribution in [0.5, 0.6) is 0 Å². The second-order valence-electron chi connectivity index (χ2n) is 9.80. The van der Waals surface area contributed by atoms with Crippen molar-refractivity contribution >= 4 is 12.4 Å². The van der Waals surface area contributed by atoms with Crippen LogP contribution in [0.1, 0.15) is 86.0 Å². The van der Waals surface area contributed by atoms with Crippen molar-refractivity contribution in [3.8, 4) is 0 Å². The largest absolute Gasteiger partial charge is 0.481 e. The standard InChI is InChI=1S/C21H36O4/c1-15(13-18(23)24)7-8-17-20(4)11-6-10-19(2,3)16(20)9-12-21(17,5)25-14-22/h14-17H,6-13H2,1-5H3,(H,23,24)/t15-,16-,17+,20-,21+/m0/s1. The number of carboxylic acid groups (broad SMARTS) is 1.